The summed E-state index contributed by atoms with van der Waals surface area (Å²) < 4.78 is 7.20. The Balaban J connectivity index is 2.26. The summed E-state index contributed by atoms with van der Waals surface area (Å²) >= 11 is 0. The Hall–Kier alpha value is -2.44. The zero-order valence-electron chi connectivity index (χ0n) is 9.29. The molecule has 0 saturated heterocycles. The first-order valence-corrected chi connectivity index (χ1v) is 5.07. The Morgan fingerprint density at radius 1 is 1.59 bits per heavy atom. The van der Waals surface area contributed by atoms with Crippen LogP contribution in [0.25, 0.3) is 0 Å². The molecular formula is C10H12N6O. The zero-order valence-corrected chi connectivity index (χ0v) is 9.29. The highest BCUT2D eigenvalue weighted by molar-refractivity contribution is 5.96. The summed E-state index contributed by atoms with van der Waals surface area (Å²) in [6.07, 6.45) is 4.76. The third kappa shape index (κ3) is 2.39. The quantitative estimate of drug-likeness (QED) is 0.598. The maximum absolute atomic E-state index is 7.39. The SMILES string of the molecule is CCn1cc(Oc2nnccc2C(=N)N)cn1. The van der Waals surface area contributed by atoms with Crippen molar-refractivity contribution in [2.24, 2.45) is 5.73 Å². The van der Waals surface area contributed by atoms with E-state index in [1.807, 2.05) is 6.92 Å². The number of rotatable bonds is 4. The predicted octanol–water partition coefficient (Wildman–Crippen LogP) is 0.769. The van der Waals surface area contributed by atoms with Gasteiger partial charge >= 0.3 is 0 Å². The molecule has 7 heteroatoms. The molecule has 0 radical (unpaired) electrons. The molecule has 88 valence electrons. The Labute approximate surface area is 97.7 Å². The molecule has 2 aromatic heterocycles. The molecule has 0 aromatic carbocycles. The van der Waals surface area contributed by atoms with Crippen LogP contribution in [-0.4, -0.2) is 25.8 Å². The van der Waals surface area contributed by atoms with Crippen molar-refractivity contribution in [3.63, 3.8) is 0 Å². The second kappa shape index (κ2) is 4.60. The highest BCUT2D eigenvalue weighted by atomic mass is 16.5. The van der Waals surface area contributed by atoms with Gasteiger partial charge in [0.05, 0.1) is 24.2 Å². The van der Waals surface area contributed by atoms with Crippen molar-refractivity contribution in [3.8, 4) is 11.6 Å². The first-order valence-electron chi connectivity index (χ1n) is 5.07. The lowest BCUT2D eigenvalue weighted by atomic mass is 10.3. The van der Waals surface area contributed by atoms with E-state index < -0.39 is 0 Å². The number of aromatic nitrogens is 4. The van der Waals surface area contributed by atoms with Crippen LogP contribution < -0.4 is 10.5 Å². The topological polar surface area (TPSA) is 103 Å². The second-order valence-electron chi connectivity index (χ2n) is 3.30. The number of hydrogen-bond donors (Lipinski definition) is 2. The number of nitrogen functional groups attached to an aromatic ring is 1. The summed E-state index contributed by atoms with van der Waals surface area (Å²) in [5, 5.41) is 19.0. The van der Waals surface area contributed by atoms with Crippen molar-refractivity contribution in [1.29, 1.82) is 5.41 Å². The smallest absolute Gasteiger partial charge is 0.250 e. The lowest BCUT2D eigenvalue weighted by molar-refractivity contribution is 0.453. The number of aryl methyl sites for hydroxylation is 1. The van der Waals surface area contributed by atoms with Crippen LogP contribution in [0.4, 0.5) is 0 Å². The Morgan fingerprint density at radius 3 is 3.06 bits per heavy atom. The first kappa shape index (κ1) is 11.1. The van der Waals surface area contributed by atoms with Gasteiger partial charge < -0.3 is 10.5 Å². The van der Waals surface area contributed by atoms with E-state index in [4.69, 9.17) is 15.9 Å². The van der Waals surface area contributed by atoms with Gasteiger partial charge in [0.15, 0.2) is 5.75 Å². The molecule has 0 spiro atoms. The van der Waals surface area contributed by atoms with Gasteiger partial charge in [-0.3, -0.25) is 10.1 Å². The third-order valence-electron chi connectivity index (χ3n) is 2.13. The van der Waals surface area contributed by atoms with Crippen molar-refractivity contribution >= 4 is 5.84 Å². The van der Waals surface area contributed by atoms with E-state index in [9.17, 15) is 0 Å². The Kier molecular flexibility index (Phi) is 2.99. The number of nitrogens with zero attached hydrogens (tertiary/aromatic N) is 4. The Bertz CT molecular complexity index is 535. The predicted molar refractivity (Wildman–Crippen MR) is 61.0 cm³/mol. The maximum atomic E-state index is 7.39. The average Bonchev–Trinajstić information content (AvgIpc) is 2.77. The summed E-state index contributed by atoms with van der Waals surface area (Å²) in [6, 6.07) is 1.58. The normalized spacial score (nSPS) is 10.2. The lowest BCUT2D eigenvalue weighted by Crippen LogP contribution is -2.13. The van der Waals surface area contributed by atoms with Crippen molar-refractivity contribution in [2.45, 2.75) is 13.5 Å². The van der Waals surface area contributed by atoms with Gasteiger partial charge in [-0.1, -0.05) is 0 Å². The number of ether oxygens (including phenoxy) is 1. The molecule has 0 aliphatic carbocycles. The van der Waals surface area contributed by atoms with Gasteiger partial charge in [-0.25, -0.2) is 0 Å². The van der Waals surface area contributed by atoms with Crippen molar-refractivity contribution in [3.05, 3.63) is 30.2 Å². The summed E-state index contributed by atoms with van der Waals surface area (Å²) in [7, 11) is 0. The summed E-state index contributed by atoms with van der Waals surface area (Å²) in [5.74, 6) is 0.628. The van der Waals surface area contributed by atoms with E-state index in [1.165, 1.54) is 6.20 Å². The third-order valence-corrected chi connectivity index (χ3v) is 2.13. The molecule has 0 saturated carbocycles. The molecule has 3 N–H and O–H groups in total. The van der Waals surface area contributed by atoms with Crippen LogP contribution in [-0.2, 0) is 6.54 Å². The van der Waals surface area contributed by atoms with Crippen molar-refractivity contribution in [2.75, 3.05) is 0 Å². The number of hydrogen-bond acceptors (Lipinski definition) is 5. The fourth-order valence-corrected chi connectivity index (χ4v) is 1.28. The van der Waals surface area contributed by atoms with Gasteiger partial charge in [0.1, 0.15) is 5.84 Å². The monoisotopic (exact) mass is 232 g/mol. The molecule has 2 rings (SSSR count). The van der Waals surface area contributed by atoms with E-state index in [-0.39, 0.29) is 11.7 Å². The molecule has 0 amide bonds. The highest BCUT2D eigenvalue weighted by Gasteiger charge is 2.10. The molecule has 0 aliphatic heterocycles. The second-order valence-corrected chi connectivity index (χ2v) is 3.30. The fraction of sp³-hybridized carbons (Fsp3) is 0.200. The van der Waals surface area contributed by atoms with Crippen LogP contribution in [0.3, 0.4) is 0 Å². The molecule has 2 heterocycles. The highest BCUT2D eigenvalue weighted by Crippen LogP contribution is 2.21. The van der Waals surface area contributed by atoms with Crippen LogP contribution in [0.15, 0.2) is 24.7 Å². The molecule has 0 unspecified atom stereocenters. The standard InChI is InChI=1S/C10H12N6O/c1-2-16-6-7(5-14-16)17-10-8(9(11)12)3-4-13-15-10/h3-6H,2H2,1H3,(H3,11,12). The summed E-state index contributed by atoms with van der Waals surface area (Å²) in [4.78, 5) is 0. The summed E-state index contributed by atoms with van der Waals surface area (Å²) in [5.41, 5.74) is 5.82. The van der Waals surface area contributed by atoms with Gasteiger partial charge in [-0.05, 0) is 13.0 Å². The molecule has 0 bridgehead atoms. The molecule has 2 aromatic rings. The van der Waals surface area contributed by atoms with Gasteiger partial charge in [-0.2, -0.15) is 10.2 Å². The summed E-state index contributed by atoms with van der Waals surface area (Å²) in [6.45, 7) is 2.73. The van der Waals surface area contributed by atoms with Crippen molar-refractivity contribution in [1.82, 2.24) is 20.0 Å². The van der Waals surface area contributed by atoms with Crippen LogP contribution in [0, 0.1) is 5.41 Å². The molecular weight excluding hydrogens is 220 g/mol. The van der Waals surface area contributed by atoms with Gasteiger partial charge in [-0.15, -0.1) is 5.10 Å². The number of nitrogens with two attached hydrogens (primary N) is 1. The lowest BCUT2D eigenvalue weighted by Gasteiger charge is -2.05. The van der Waals surface area contributed by atoms with E-state index in [0.717, 1.165) is 6.54 Å². The minimum absolute atomic E-state index is 0.113. The van der Waals surface area contributed by atoms with E-state index in [0.29, 0.717) is 11.3 Å². The molecule has 0 fully saturated rings. The maximum Gasteiger partial charge on any atom is 0.250 e. The molecule has 0 atom stereocenters. The van der Waals surface area contributed by atoms with Gasteiger partial charge in [0.2, 0.25) is 5.88 Å². The molecule has 17 heavy (non-hydrogen) atoms. The van der Waals surface area contributed by atoms with Crippen LogP contribution in [0.5, 0.6) is 11.6 Å². The first-order chi connectivity index (χ1) is 8.20. The van der Waals surface area contributed by atoms with Crippen LogP contribution in [0.2, 0.25) is 0 Å². The van der Waals surface area contributed by atoms with Crippen molar-refractivity contribution < 1.29 is 4.74 Å². The van der Waals surface area contributed by atoms with E-state index in [2.05, 4.69) is 15.3 Å². The van der Waals surface area contributed by atoms with Gasteiger partial charge in [0.25, 0.3) is 0 Å². The Morgan fingerprint density at radius 2 is 2.41 bits per heavy atom. The fourth-order valence-electron chi connectivity index (χ4n) is 1.28. The average molecular weight is 232 g/mol. The van der Waals surface area contributed by atoms with Gasteiger partial charge in [0, 0.05) is 6.54 Å². The van der Waals surface area contributed by atoms with Crippen LogP contribution >= 0.6 is 0 Å². The largest absolute Gasteiger partial charge is 0.434 e. The minimum Gasteiger partial charge on any atom is -0.434 e. The number of nitrogens with one attached hydrogen (secondary N) is 1. The minimum atomic E-state index is -0.113. The number of amidine groups is 1. The zero-order chi connectivity index (χ0) is 12.3. The van der Waals surface area contributed by atoms with Crippen LogP contribution in [0.1, 0.15) is 12.5 Å². The van der Waals surface area contributed by atoms with E-state index >= 15 is 0 Å². The molecule has 0 aliphatic rings. The van der Waals surface area contributed by atoms with E-state index in [1.54, 1.807) is 23.1 Å². The molecule has 7 nitrogen and oxygen atoms in total.